The number of alkyl halides is 1. The lowest BCUT2D eigenvalue weighted by molar-refractivity contribution is 1.17. The maximum atomic E-state index is 9.20. The molecule has 0 fully saturated rings. The summed E-state index contributed by atoms with van der Waals surface area (Å²) in [6, 6.07) is 16.2. The van der Waals surface area contributed by atoms with E-state index in [9.17, 15) is 5.26 Å². The third-order valence-electron chi connectivity index (χ3n) is 3.13. The summed E-state index contributed by atoms with van der Waals surface area (Å²) in [7, 11) is 1.99. The molecule has 0 radical (unpaired) electrons. The van der Waals surface area contributed by atoms with Crippen molar-refractivity contribution in [2.75, 3.05) is 11.9 Å². The van der Waals surface area contributed by atoms with Crippen molar-refractivity contribution in [2.45, 2.75) is 12.3 Å². The van der Waals surface area contributed by atoms with Gasteiger partial charge in [0.15, 0.2) is 0 Å². The molecular formula is C16H15BrN2. The van der Waals surface area contributed by atoms with E-state index in [0.29, 0.717) is 5.56 Å². The maximum Gasteiger partial charge on any atom is 0.101 e. The van der Waals surface area contributed by atoms with E-state index in [2.05, 4.69) is 52.0 Å². The van der Waals surface area contributed by atoms with Crippen molar-refractivity contribution in [3.05, 3.63) is 59.2 Å². The zero-order valence-corrected chi connectivity index (χ0v) is 12.6. The lowest BCUT2D eigenvalue weighted by Crippen LogP contribution is -2.12. The standard InChI is InChI=1S/C16H15BrN2/c1-12-7-8-16(14(9-12)10-17)19(2)15-6-4-3-5-13(15)11-18/h3-9H,10H2,1-2H3. The van der Waals surface area contributed by atoms with Gasteiger partial charge in [-0.1, -0.05) is 45.8 Å². The minimum absolute atomic E-state index is 0.686. The Morgan fingerprint density at radius 3 is 2.58 bits per heavy atom. The van der Waals surface area contributed by atoms with Crippen LogP contribution in [0.1, 0.15) is 16.7 Å². The third kappa shape index (κ3) is 2.80. The fraction of sp³-hybridized carbons (Fsp3) is 0.188. The summed E-state index contributed by atoms with van der Waals surface area (Å²) < 4.78 is 0. The van der Waals surface area contributed by atoms with Crippen molar-refractivity contribution >= 4 is 27.3 Å². The van der Waals surface area contributed by atoms with Crippen LogP contribution in [-0.2, 0) is 5.33 Å². The van der Waals surface area contributed by atoms with Crippen molar-refractivity contribution in [1.82, 2.24) is 0 Å². The largest absolute Gasteiger partial charge is 0.343 e. The van der Waals surface area contributed by atoms with E-state index in [1.54, 1.807) is 0 Å². The van der Waals surface area contributed by atoms with Crippen molar-refractivity contribution in [3.8, 4) is 6.07 Å². The summed E-state index contributed by atoms with van der Waals surface area (Å²) in [5.74, 6) is 0. The molecule has 0 unspecified atom stereocenters. The molecule has 2 nitrogen and oxygen atoms in total. The van der Waals surface area contributed by atoms with Gasteiger partial charge in [0.05, 0.1) is 11.3 Å². The van der Waals surface area contributed by atoms with Gasteiger partial charge in [-0.2, -0.15) is 5.26 Å². The van der Waals surface area contributed by atoms with Gasteiger partial charge in [0.25, 0.3) is 0 Å². The first kappa shape index (κ1) is 13.6. The molecule has 0 aromatic heterocycles. The SMILES string of the molecule is Cc1ccc(N(C)c2ccccc2C#N)c(CBr)c1. The predicted molar refractivity (Wildman–Crippen MR) is 83.0 cm³/mol. The van der Waals surface area contributed by atoms with Crippen LogP contribution in [0.5, 0.6) is 0 Å². The average molecular weight is 315 g/mol. The number of nitriles is 1. The zero-order valence-electron chi connectivity index (χ0n) is 11.0. The second kappa shape index (κ2) is 5.90. The normalized spacial score (nSPS) is 10.0. The molecular weight excluding hydrogens is 300 g/mol. The van der Waals surface area contributed by atoms with Gasteiger partial charge in [0, 0.05) is 18.1 Å². The van der Waals surface area contributed by atoms with E-state index < -0.39 is 0 Å². The average Bonchev–Trinajstić information content (AvgIpc) is 2.46. The Kier molecular flexibility index (Phi) is 4.24. The molecule has 0 heterocycles. The highest BCUT2D eigenvalue weighted by Gasteiger charge is 2.11. The van der Waals surface area contributed by atoms with Crippen LogP contribution in [0.15, 0.2) is 42.5 Å². The Bertz CT molecular complexity index is 629. The fourth-order valence-corrected chi connectivity index (χ4v) is 2.59. The number of anilines is 2. The van der Waals surface area contributed by atoms with Crippen LogP contribution in [0.3, 0.4) is 0 Å². The molecule has 0 atom stereocenters. The molecule has 0 N–H and O–H groups in total. The topological polar surface area (TPSA) is 27.0 Å². The van der Waals surface area contributed by atoms with Gasteiger partial charge in [0.1, 0.15) is 6.07 Å². The summed E-state index contributed by atoms with van der Waals surface area (Å²) in [6.07, 6.45) is 0. The molecule has 0 amide bonds. The Hall–Kier alpha value is -1.79. The second-order valence-electron chi connectivity index (χ2n) is 4.45. The summed E-state index contributed by atoms with van der Waals surface area (Å²) in [5.41, 5.74) is 5.18. The Balaban J connectivity index is 2.50. The lowest BCUT2D eigenvalue weighted by atomic mass is 10.1. The monoisotopic (exact) mass is 314 g/mol. The number of hydrogen-bond donors (Lipinski definition) is 0. The molecule has 3 heteroatoms. The van der Waals surface area contributed by atoms with Gasteiger partial charge < -0.3 is 4.90 Å². The third-order valence-corrected chi connectivity index (χ3v) is 3.73. The van der Waals surface area contributed by atoms with E-state index >= 15 is 0 Å². The molecule has 2 aromatic rings. The predicted octanol–water partition coefficient (Wildman–Crippen LogP) is 4.53. The Morgan fingerprint density at radius 1 is 1.16 bits per heavy atom. The minimum Gasteiger partial charge on any atom is -0.343 e. The Morgan fingerprint density at radius 2 is 1.89 bits per heavy atom. The van der Waals surface area contributed by atoms with Crippen LogP contribution in [0.4, 0.5) is 11.4 Å². The quantitative estimate of drug-likeness (QED) is 0.778. The number of aryl methyl sites for hydroxylation is 1. The van der Waals surface area contributed by atoms with Gasteiger partial charge >= 0.3 is 0 Å². The van der Waals surface area contributed by atoms with Crippen LogP contribution in [0.25, 0.3) is 0 Å². The summed E-state index contributed by atoms with van der Waals surface area (Å²) in [5, 5.41) is 9.99. The minimum atomic E-state index is 0.686. The molecule has 0 spiro atoms. The van der Waals surface area contributed by atoms with Crippen molar-refractivity contribution in [2.24, 2.45) is 0 Å². The van der Waals surface area contributed by atoms with E-state index in [1.807, 2.05) is 31.3 Å². The zero-order chi connectivity index (χ0) is 13.8. The van der Waals surface area contributed by atoms with Crippen LogP contribution in [0.2, 0.25) is 0 Å². The second-order valence-corrected chi connectivity index (χ2v) is 5.01. The molecule has 2 rings (SSSR count). The molecule has 96 valence electrons. The van der Waals surface area contributed by atoms with Crippen LogP contribution >= 0.6 is 15.9 Å². The molecule has 2 aromatic carbocycles. The van der Waals surface area contributed by atoms with Gasteiger partial charge in [-0.15, -0.1) is 0 Å². The molecule has 19 heavy (non-hydrogen) atoms. The summed E-state index contributed by atoms with van der Waals surface area (Å²) in [6.45, 7) is 2.08. The molecule has 0 saturated carbocycles. The van der Waals surface area contributed by atoms with Crippen LogP contribution in [-0.4, -0.2) is 7.05 Å². The summed E-state index contributed by atoms with van der Waals surface area (Å²) >= 11 is 3.53. The van der Waals surface area contributed by atoms with Gasteiger partial charge in [-0.25, -0.2) is 0 Å². The molecule has 0 saturated heterocycles. The number of para-hydroxylation sites is 1. The van der Waals surface area contributed by atoms with Crippen molar-refractivity contribution in [1.29, 1.82) is 5.26 Å². The maximum absolute atomic E-state index is 9.20. The lowest BCUT2D eigenvalue weighted by Gasteiger charge is -2.23. The fourth-order valence-electron chi connectivity index (χ4n) is 2.14. The number of benzene rings is 2. The van der Waals surface area contributed by atoms with Gasteiger partial charge in [-0.05, 0) is 30.7 Å². The highest BCUT2D eigenvalue weighted by molar-refractivity contribution is 9.08. The number of rotatable bonds is 3. The number of nitrogens with zero attached hydrogens (tertiary/aromatic N) is 2. The van der Waals surface area contributed by atoms with E-state index in [0.717, 1.165) is 16.7 Å². The highest BCUT2D eigenvalue weighted by atomic mass is 79.9. The van der Waals surface area contributed by atoms with E-state index in [1.165, 1.54) is 11.1 Å². The summed E-state index contributed by atoms with van der Waals surface area (Å²) in [4.78, 5) is 2.06. The van der Waals surface area contributed by atoms with Gasteiger partial charge in [0.2, 0.25) is 0 Å². The molecule has 0 aliphatic heterocycles. The first-order valence-electron chi connectivity index (χ1n) is 6.05. The molecule has 0 aliphatic carbocycles. The molecule has 0 aliphatic rings. The first-order chi connectivity index (χ1) is 9.17. The highest BCUT2D eigenvalue weighted by Crippen LogP contribution is 2.31. The first-order valence-corrected chi connectivity index (χ1v) is 7.18. The van der Waals surface area contributed by atoms with Crippen LogP contribution in [0, 0.1) is 18.3 Å². The Labute approximate surface area is 122 Å². The van der Waals surface area contributed by atoms with E-state index in [4.69, 9.17) is 0 Å². The van der Waals surface area contributed by atoms with Crippen molar-refractivity contribution in [3.63, 3.8) is 0 Å². The van der Waals surface area contributed by atoms with Crippen LogP contribution < -0.4 is 4.90 Å². The molecule has 0 bridgehead atoms. The number of hydrogen-bond acceptors (Lipinski definition) is 2. The number of halogens is 1. The van der Waals surface area contributed by atoms with E-state index in [-0.39, 0.29) is 0 Å². The van der Waals surface area contributed by atoms with Gasteiger partial charge in [-0.3, -0.25) is 0 Å². The van der Waals surface area contributed by atoms with Crippen molar-refractivity contribution < 1.29 is 0 Å². The smallest absolute Gasteiger partial charge is 0.101 e.